The molecule has 0 saturated heterocycles. The summed E-state index contributed by atoms with van der Waals surface area (Å²) in [6.45, 7) is 3.90. The smallest absolute Gasteiger partial charge is 0.416 e. The van der Waals surface area contributed by atoms with Gasteiger partial charge in [-0.05, 0) is 18.2 Å². The lowest BCUT2D eigenvalue weighted by Gasteiger charge is -2.09. The molecule has 10 heteroatoms. The van der Waals surface area contributed by atoms with E-state index >= 15 is 0 Å². The molecular weight excluding hydrogens is 377 g/mol. The van der Waals surface area contributed by atoms with Crippen LogP contribution in [0.15, 0.2) is 30.5 Å². The van der Waals surface area contributed by atoms with Gasteiger partial charge in [0, 0.05) is 19.0 Å². The summed E-state index contributed by atoms with van der Waals surface area (Å²) in [5, 5.41) is 9.27. The number of nitrogens with one attached hydrogen (secondary N) is 2. The number of benzene rings is 1. The van der Waals surface area contributed by atoms with Crippen molar-refractivity contribution < 1.29 is 27.5 Å². The van der Waals surface area contributed by atoms with Crippen LogP contribution in [0.3, 0.4) is 0 Å². The predicted octanol–water partition coefficient (Wildman–Crippen LogP) is 2.40. The van der Waals surface area contributed by atoms with E-state index in [4.69, 9.17) is 4.74 Å². The SMILES string of the molecule is COc1cn(-c2cccc(C(F)(F)F)c2)nc1C(=O)NCCNC(=O)C(C)C. The molecule has 7 nitrogen and oxygen atoms in total. The van der Waals surface area contributed by atoms with Gasteiger partial charge in [0.1, 0.15) is 0 Å². The van der Waals surface area contributed by atoms with E-state index in [-0.39, 0.29) is 42.0 Å². The average Bonchev–Trinajstić information content (AvgIpc) is 3.08. The van der Waals surface area contributed by atoms with Gasteiger partial charge in [-0.3, -0.25) is 9.59 Å². The van der Waals surface area contributed by atoms with Crippen LogP contribution in [0.5, 0.6) is 5.75 Å². The molecule has 2 amide bonds. The number of carbonyl (C=O) groups excluding carboxylic acids is 2. The molecule has 28 heavy (non-hydrogen) atoms. The summed E-state index contributed by atoms with van der Waals surface area (Å²) in [4.78, 5) is 23.8. The van der Waals surface area contributed by atoms with Crippen LogP contribution in [0.4, 0.5) is 13.2 Å². The molecule has 1 aromatic carbocycles. The Morgan fingerprint density at radius 2 is 1.89 bits per heavy atom. The van der Waals surface area contributed by atoms with Crippen molar-refractivity contribution in [1.29, 1.82) is 0 Å². The van der Waals surface area contributed by atoms with E-state index in [0.29, 0.717) is 0 Å². The fourth-order valence-electron chi connectivity index (χ4n) is 2.27. The second-order valence-electron chi connectivity index (χ2n) is 6.24. The van der Waals surface area contributed by atoms with Crippen LogP contribution in [-0.2, 0) is 11.0 Å². The topological polar surface area (TPSA) is 85.2 Å². The van der Waals surface area contributed by atoms with Gasteiger partial charge in [0.15, 0.2) is 11.4 Å². The van der Waals surface area contributed by atoms with Crippen molar-refractivity contribution >= 4 is 11.8 Å². The first-order valence-corrected chi connectivity index (χ1v) is 8.50. The number of carbonyl (C=O) groups is 2. The van der Waals surface area contributed by atoms with Crippen LogP contribution in [0.1, 0.15) is 29.9 Å². The van der Waals surface area contributed by atoms with Crippen LogP contribution >= 0.6 is 0 Å². The van der Waals surface area contributed by atoms with Crippen molar-refractivity contribution in [3.63, 3.8) is 0 Å². The largest absolute Gasteiger partial charge is 0.493 e. The van der Waals surface area contributed by atoms with Crippen molar-refractivity contribution in [2.75, 3.05) is 20.2 Å². The first-order valence-electron chi connectivity index (χ1n) is 8.50. The van der Waals surface area contributed by atoms with Gasteiger partial charge in [0.05, 0.1) is 24.6 Å². The highest BCUT2D eigenvalue weighted by Gasteiger charge is 2.30. The van der Waals surface area contributed by atoms with E-state index < -0.39 is 17.6 Å². The van der Waals surface area contributed by atoms with Gasteiger partial charge >= 0.3 is 6.18 Å². The molecule has 2 aromatic rings. The zero-order valence-electron chi connectivity index (χ0n) is 15.6. The van der Waals surface area contributed by atoms with Crippen molar-refractivity contribution in [2.24, 2.45) is 5.92 Å². The van der Waals surface area contributed by atoms with Crippen molar-refractivity contribution in [3.8, 4) is 11.4 Å². The normalized spacial score (nSPS) is 11.4. The zero-order valence-corrected chi connectivity index (χ0v) is 15.6. The zero-order chi connectivity index (χ0) is 20.9. The molecule has 0 aliphatic heterocycles. The number of aromatic nitrogens is 2. The molecule has 0 radical (unpaired) electrons. The minimum absolute atomic E-state index is 0.0740. The highest BCUT2D eigenvalue weighted by Crippen LogP contribution is 2.30. The summed E-state index contributed by atoms with van der Waals surface area (Å²) in [5.41, 5.74) is -0.766. The minimum Gasteiger partial charge on any atom is -0.493 e. The molecule has 0 atom stereocenters. The van der Waals surface area contributed by atoms with Gasteiger partial charge in [0.2, 0.25) is 5.91 Å². The second kappa shape index (κ2) is 8.77. The van der Waals surface area contributed by atoms with Gasteiger partial charge in [0.25, 0.3) is 5.91 Å². The fourth-order valence-corrected chi connectivity index (χ4v) is 2.27. The number of rotatable bonds is 7. The molecule has 0 aliphatic carbocycles. The van der Waals surface area contributed by atoms with E-state index in [0.717, 1.165) is 16.8 Å². The first kappa shape index (κ1) is 21.3. The van der Waals surface area contributed by atoms with Crippen LogP contribution < -0.4 is 15.4 Å². The number of hydrogen-bond acceptors (Lipinski definition) is 4. The van der Waals surface area contributed by atoms with E-state index in [1.165, 1.54) is 25.4 Å². The number of amides is 2. The Hall–Kier alpha value is -3.04. The average molecular weight is 398 g/mol. The molecule has 0 spiro atoms. The van der Waals surface area contributed by atoms with Crippen molar-refractivity contribution in [3.05, 3.63) is 41.7 Å². The maximum atomic E-state index is 12.9. The molecule has 2 rings (SSSR count). The van der Waals surface area contributed by atoms with Crippen molar-refractivity contribution in [1.82, 2.24) is 20.4 Å². The molecule has 1 aromatic heterocycles. The number of halogens is 3. The third-order valence-electron chi connectivity index (χ3n) is 3.79. The number of methoxy groups -OCH3 is 1. The van der Waals surface area contributed by atoms with Gasteiger partial charge in [-0.2, -0.15) is 18.3 Å². The summed E-state index contributed by atoms with van der Waals surface area (Å²) in [6.07, 6.45) is -3.17. The standard InChI is InChI=1S/C18H21F3N4O3/c1-11(2)16(26)22-7-8-23-17(27)15-14(28-3)10-25(24-15)13-6-4-5-12(9-13)18(19,20)21/h4-6,9-11H,7-8H2,1-3H3,(H,22,26)(H,23,27). The highest BCUT2D eigenvalue weighted by molar-refractivity contribution is 5.95. The summed E-state index contributed by atoms with van der Waals surface area (Å²) >= 11 is 0. The Morgan fingerprint density at radius 1 is 1.21 bits per heavy atom. The lowest BCUT2D eigenvalue weighted by molar-refractivity contribution is -0.137. The molecule has 0 saturated carbocycles. The predicted molar refractivity (Wildman–Crippen MR) is 95.3 cm³/mol. The van der Waals surface area contributed by atoms with Gasteiger partial charge in [-0.25, -0.2) is 4.68 Å². The van der Waals surface area contributed by atoms with Crippen LogP contribution in [0, 0.1) is 5.92 Å². The van der Waals surface area contributed by atoms with E-state index in [1.807, 2.05) is 0 Å². The number of alkyl halides is 3. The fraction of sp³-hybridized carbons (Fsp3) is 0.389. The Bertz CT molecular complexity index is 847. The third-order valence-corrected chi connectivity index (χ3v) is 3.79. The van der Waals surface area contributed by atoms with E-state index in [1.54, 1.807) is 13.8 Å². The van der Waals surface area contributed by atoms with Gasteiger partial charge < -0.3 is 15.4 Å². The minimum atomic E-state index is -4.49. The van der Waals surface area contributed by atoms with E-state index in [2.05, 4.69) is 15.7 Å². The highest BCUT2D eigenvalue weighted by atomic mass is 19.4. The van der Waals surface area contributed by atoms with Gasteiger partial charge in [-0.1, -0.05) is 19.9 Å². The third kappa shape index (κ3) is 5.24. The Labute approximate surface area is 159 Å². The van der Waals surface area contributed by atoms with Crippen LogP contribution in [0.2, 0.25) is 0 Å². The summed E-state index contributed by atoms with van der Waals surface area (Å²) in [5.74, 6) is -0.762. The van der Waals surface area contributed by atoms with Crippen LogP contribution in [0.25, 0.3) is 5.69 Å². The molecule has 2 N–H and O–H groups in total. The molecule has 0 bridgehead atoms. The number of nitrogens with zero attached hydrogens (tertiary/aromatic N) is 2. The summed E-state index contributed by atoms with van der Waals surface area (Å²) in [6, 6.07) is 4.56. The lowest BCUT2D eigenvalue weighted by Crippen LogP contribution is -2.36. The molecule has 152 valence electrons. The lowest BCUT2D eigenvalue weighted by atomic mass is 10.2. The molecule has 0 fully saturated rings. The second-order valence-corrected chi connectivity index (χ2v) is 6.24. The summed E-state index contributed by atoms with van der Waals surface area (Å²) < 4.78 is 44.9. The van der Waals surface area contributed by atoms with Crippen LogP contribution in [-0.4, -0.2) is 41.8 Å². The van der Waals surface area contributed by atoms with Crippen molar-refractivity contribution in [2.45, 2.75) is 20.0 Å². The van der Waals surface area contributed by atoms with E-state index in [9.17, 15) is 22.8 Å². The number of hydrogen-bond donors (Lipinski definition) is 2. The Morgan fingerprint density at radius 3 is 2.50 bits per heavy atom. The maximum absolute atomic E-state index is 12.9. The summed E-state index contributed by atoms with van der Waals surface area (Å²) in [7, 11) is 1.33. The Balaban J connectivity index is 2.12. The number of ether oxygens (including phenoxy) is 1. The molecule has 1 heterocycles. The molecular formula is C18H21F3N4O3. The molecule has 0 aliphatic rings. The first-order chi connectivity index (χ1) is 13.1. The quantitative estimate of drug-likeness (QED) is 0.702. The maximum Gasteiger partial charge on any atom is 0.416 e. The van der Waals surface area contributed by atoms with Gasteiger partial charge in [-0.15, -0.1) is 0 Å². The molecule has 0 unspecified atom stereocenters. The monoisotopic (exact) mass is 398 g/mol. The Kier molecular flexibility index (Phi) is 6.66.